The molecule has 2 aromatic heterocycles. The van der Waals surface area contributed by atoms with Crippen LogP contribution in [0, 0.1) is 5.92 Å². The maximum atomic E-state index is 6.18. The summed E-state index contributed by atoms with van der Waals surface area (Å²) in [5.74, 6) is 3.04. The number of halogens is 1. The molecule has 5 nitrogen and oxygen atoms in total. The van der Waals surface area contributed by atoms with Crippen LogP contribution in [0.3, 0.4) is 0 Å². The Bertz CT molecular complexity index is 1150. The monoisotopic (exact) mass is 433 g/mol. The highest BCUT2D eigenvalue weighted by molar-refractivity contribution is 6.32. The van der Waals surface area contributed by atoms with Crippen LogP contribution in [0.15, 0.2) is 76.7 Å². The number of para-hydroxylation sites is 1. The number of ether oxygens (including phenoxy) is 1. The van der Waals surface area contributed by atoms with E-state index in [0.717, 1.165) is 35.6 Å². The number of aromatic nitrogens is 2. The van der Waals surface area contributed by atoms with Gasteiger partial charge in [0, 0.05) is 23.3 Å². The summed E-state index contributed by atoms with van der Waals surface area (Å²) >= 11 is 6.18. The molecule has 3 aromatic rings. The molecule has 6 heteroatoms. The Labute approximate surface area is 187 Å². The van der Waals surface area contributed by atoms with Gasteiger partial charge in [0.2, 0.25) is 0 Å². The first-order valence-electron chi connectivity index (χ1n) is 10.4. The first kappa shape index (κ1) is 21.0. The van der Waals surface area contributed by atoms with Crippen LogP contribution in [0.5, 0.6) is 5.75 Å². The van der Waals surface area contributed by atoms with Gasteiger partial charge in [-0.2, -0.15) is 0 Å². The molecular formula is C25H24ClN3O2. The largest absolute Gasteiger partial charge is 0.484 e. The van der Waals surface area contributed by atoms with E-state index < -0.39 is 0 Å². The van der Waals surface area contributed by atoms with Crippen LogP contribution in [-0.2, 0) is 13.0 Å². The van der Waals surface area contributed by atoms with Gasteiger partial charge < -0.3 is 14.5 Å². The van der Waals surface area contributed by atoms with E-state index in [9.17, 15) is 0 Å². The highest BCUT2D eigenvalue weighted by Gasteiger charge is 2.18. The molecule has 1 atom stereocenters. The molecule has 0 aliphatic heterocycles. The van der Waals surface area contributed by atoms with Crippen LogP contribution >= 0.6 is 11.6 Å². The second-order valence-corrected chi connectivity index (χ2v) is 7.58. The molecule has 0 radical (unpaired) electrons. The fraction of sp³-hybridized carbons (Fsp3) is 0.240. The number of benzene rings is 1. The zero-order chi connectivity index (χ0) is 21.6. The molecule has 1 aliphatic rings. The Kier molecular flexibility index (Phi) is 6.56. The molecule has 1 aromatic carbocycles. The highest BCUT2D eigenvalue weighted by atomic mass is 35.5. The Morgan fingerprint density at radius 1 is 1.16 bits per heavy atom. The third-order valence-corrected chi connectivity index (χ3v) is 5.34. The second-order valence-electron chi connectivity index (χ2n) is 7.17. The van der Waals surface area contributed by atoms with Crippen LogP contribution in [0.2, 0.25) is 5.02 Å². The topological polar surface area (TPSA) is 60.2 Å². The maximum absolute atomic E-state index is 6.18. The van der Waals surface area contributed by atoms with Crippen LogP contribution in [0.1, 0.15) is 37.5 Å². The van der Waals surface area contributed by atoms with E-state index in [2.05, 4.69) is 47.0 Å². The molecule has 0 saturated carbocycles. The van der Waals surface area contributed by atoms with Crippen molar-refractivity contribution in [2.24, 2.45) is 5.92 Å². The lowest BCUT2D eigenvalue weighted by molar-refractivity contribution is 0.296. The molecule has 0 fully saturated rings. The van der Waals surface area contributed by atoms with Gasteiger partial charge in [0.25, 0.3) is 0 Å². The number of aryl methyl sites for hydroxylation is 1. The van der Waals surface area contributed by atoms with E-state index in [1.54, 1.807) is 12.3 Å². The van der Waals surface area contributed by atoms with Crippen molar-refractivity contribution in [1.82, 2.24) is 9.97 Å². The standard InChI is InChI=1S/C25H24ClN3O2/c1-3-17-11-12-19(14-20(17)22-10-7-13-30-22)28-24-15-18(4-2)27-25(29-24)16-31-23-9-6-5-8-21(23)26/h5-11,13-15,17H,3-4,16H2,1-2H3,(H,27,28,29). The predicted molar refractivity (Wildman–Crippen MR) is 123 cm³/mol. The molecule has 0 spiro atoms. The first-order valence-corrected chi connectivity index (χ1v) is 10.8. The van der Waals surface area contributed by atoms with E-state index in [0.29, 0.717) is 22.4 Å². The third-order valence-electron chi connectivity index (χ3n) is 5.03. The van der Waals surface area contributed by atoms with Gasteiger partial charge in [-0.25, -0.2) is 9.97 Å². The lowest BCUT2D eigenvalue weighted by atomic mass is 9.91. The number of allylic oxidation sites excluding steroid dienone is 2. The van der Waals surface area contributed by atoms with Crippen LogP contribution in [0.4, 0.5) is 5.82 Å². The van der Waals surface area contributed by atoms with E-state index in [4.69, 9.17) is 20.8 Å². The summed E-state index contributed by atoms with van der Waals surface area (Å²) in [5, 5.41) is 3.93. The second kappa shape index (κ2) is 9.69. The maximum Gasteiger partial charge on any atom is 0.168 e. The predicted octanol–water partition coefficient (Wildman–Crippen LogP) is 6.44. The molecule has 4 rings (SSSR count). The van der Waals surface area contributed by atoms with Crippen LogP contribution in [0.25, 0.3) is 5.57 Å². The Balaban J connectivity index is 1.56. The average molecular weight is 434 g/mol. The molecule has 1 unspecified atom stereocenters. The Hall–Kier alpha value is -3.27. The number of hydrogen-bond donors (Lipinski definition) is 1. The summed E-state index contributed by atoms with van der Waals surface area (Å²) in [6, 6.07) is 13.2. The van der Waals surface area contributed by atoms with Crippen molar-refractivity contribution < 1.29 is 9.15 Å². The number of hydrogen-bond acceptors (Lipinski definition) is 5. The van der Waals surface area contributed by atoms with E-state index in [1.165, 1.54) is 0 Å². The minimum Gasteiger partial charge on any atom is -0.484 e. The molecule has 1 aliphatic carbocycles. The summed E-state index contributed by atoms with van der Waals surface area (Å²) in [4.78, 5) is 9.21. The Morgan fingerprint density at radius 2 is 2.03 bits per heavy atom. The normalized spacial score (nSPS) is 15.4. The number of anilines is 1. The van der Waals surface area contributed by atoms with Crippen molar-refractivity contribution in [3.05, 3.63) is 94.6 Å². The van der Waals surface area contributed by atoms with Gasteiger partial charge in [0.05, 0.1) is 17.0 Å². The minimum absolute atomic E-state index is 0.229. The van der Waals surface area contributed by atoms with Crippen molar-refractivity contribution in [2.45, 2.75) is 33.3 Å². The lowest BCUT2D eigenvalue weighted by Gasteiger charge is -2.17. The lowest BCUT2D eigenvalue weighted by Crippen LogP contribution is -2.10. The molecule has 31 heavy (non-hydrogen) atoms. The van der Waals surface area contributed by atoms with Crippen molar-refractivity contribution in [3.63, 3.8) is 0 Å². The van der Waals surface area contributed by atoms with E-state index in [-0.39, 0.29) is 12.5 Å². The smallest absolute Gasteiger partial charge is 0.168 e. The fourth-order valence-corrected chi connectivity index (χ4v) is 3.59. The zero-order valence-corrected chi connectivity index (χ0v) is 18.3. The van der Waals surface area contributed by atoms with Gasteiger partial charge in [0.15, 0.2) is 5.82 Å². The quantitative estimate of drug-likeness (QED) is 0.414. The molecule has 1 N–H and O–H groups in total. The van der Waals surface area contributed by atoms with Gasteiger partial charge in [-0.05, 0) is 49.3 Å². The van der Waals surface area contributed by atoms with Gasteiger partial charge in [-0.1, -0.05) is 43.3 Å². The molecule has 0 saturated heterocycles. The van der Waals surface area contributed by atoms with E-state index in [1.807, 2.05) is 36.4 Å². The van der Waals surface area contributed by atoms with Gasteiger partial charge in [-0.15, -0.1) is 0 Å². The van der Waals surface area contributed by atoms with E-state index >= 15 is 0 Å². The fourth-order valence-electron chi connectivity index (χ4n) is 3.39. The third kappa shape index (κ3) is 5.08. The zero-order valence-electron chi connectivity index (χ0n) is 17.6. The number of nitrogens with zero attached hydrogens (tertiary/aromatic N) is 2. The van der Waals surface area contributed by atoms with Gasteiger partial charge in [0.1, 0.15) is 23.9 Å². The van der Waals surface area contributed by atoms with Crippen molar-refractivity contribution >= 4 is 23.0 Å². The average Bonchev–Trinajstić information content (AvgIpc) is 3.33. The summed E-state index contributed by atoms with van der Waals surface area (Å²) < 4.78 is 11.5. The molecule has 0 amide bonds. The summed E-state index contributed by atoms with van der Waals surface area (Å²) in [6.45, 7) is 4.44. The Morgan fingerprint density at radius 3 is 2.77 bits per heavy atom. The highest BCUT2D eigenvalue weighted by Crippen LogP contribution is 2.31. The number of nitrogens with one attached hydrogen (secondary N) is 1. The van der Waals surface area contributed by atoms with Crippen molar-refractivity contribution in [3.8, 4) is 5.75 Å². The molecular weight excluding hydrogens is 410 g/mol. The molecule has 2 heterocycles. The van der Waals surface area contributed by atoms with Crippen LogP contribution < -0.4 is 10.1 Å². The minimum atomic E-state index is 0.229. The van der Waals surface area contributed by atoms with Crippen LogP contribution in [-0.4, -0.2) is 9.97 Å². The van der Waals surface area contributed by atoms with Crippen molar-refractivity contribution in [2.75, 3.05) is 5.32 Å². The number of rotatable bonds is 8. The summed E-state index contributed by atoms with van der Waals surface area (Å²) in [7, 11) is 0. The number of furan rings is 1. The SMILES string of the molecule is CCc1cc(NC2=C=CC(CC)C(c3ccco3)=C2)nc(COc2ccccc2Cl)n1. The summed E-state index contributed by atoms with van der Waals surface area (Å²) in [5.41, 5.74) is 6.22. The van der Waals surface area contributed by atoms with Gasteiger partial charge >= 0.3 is 0 Å². The first-order chi connectivity index (χ1) is 15.2. The van der Waals surface area contributed by atoms with Gasteiger partial charge in [-0.3, -0.25) is 0 Å². The van der Waals surface area contributed by atoms with Crippen molar-refractivity contribution in [1.29, 1.82) is 0 Å². The molecule has 158 valence electrons. The molecule has 0 bridgehead atoms. The summed E-state index contributed by atoms with van der Waals surface area (Å²) in [6.07, 6.45) is 7.60.